The van der Waals surface area contributed by atoms with Gasteiger partial charge in [-0.2, -0.15) is 0 Å². The maximum absolute atomic E-state index is 12.1. The van der Waals surface area contributed by atoms with Crippen LogP contribution in [-0.4, -0.2) is 13.8 Å². The van der Waals surface area contributed by atoms with Crippen LogP contribution < -0.4 is 0 Å². The summed E-state index contributed by atoms with van der Waals surface area (Å²) in [5, 5.41) is 0. The highest BCUT2D eigenvalue weighted by Crippen LogP contribution is 2.40. The van der Waals surface area contributed by atoms with Gasteiger partial charge in [-0.15, -0.1) is 0 Å². The number of alkyl halides is 1. The van der Waals surface area contributed by atoms with Crippen molar-refractivity contribution in [2.24, 2.45) is 17.8 Å². The summed E-state index contributed by atoms with van der Waals surface area (Å²) in [7, 11) is 1.76. The molecule has 30 heavy (non-hydrogen) atoms. The van der Waals surface area contributed by atoms with Crippen molar-refractivity contribution < 1.29 is 9.13 Å². The standard InChI is InChI=1S/C28H43FO/c1-30-22-26-15-19-28(20-16-26)27-17-13-25(14-18-27)12-11-24-9-7-23(8-10-24)6-4-2-3-5-21-29/h2-3,15-16,19-20,23-25,27H,4-14,17-18,21-22H2,1H3/b3-2+/t23-,24-,25-,27-. The van der Waals surface area contributed by atoms with E-state index in [1.165, 1.54) is 81.8 Å². The molecule has 168 valence electrons. The van der Waals surface area contributed by atoms with E-state index in [1.807, 2.05) is 6.08 Å². The summed E-state index contributed by atoms with van der Waals surface area (Å²) < 4.78 is 17.3. The van der Waals surface area contributed by atoms with Crippen molar-refractivity contribution in [2.45, 2.75) is 96.0 Å². The van der Waals surface area contributed by atoms with Gasteiger partial charge in [0.1, 0.15) is 0 Å². The lowest BCUT2D eigenvalue weighted by Crippen LogP contribution is -2.17. The van der Waals surface area contributed by atoms with Gasteiger partial charge >= 0.3 is 0 Å². The predicted octanol–water partition coefficient (Wildman–Crippen LogP) is 8.39. The first-order valence-electron chi connectivity index (χ1n) is 12.6. The Hall–Kier alpha value is -1.15. The van der Waals surface area contributed by atoms with Crippen LogP contribution in [0.5, 0.6) is 0 Å². The van der Waals surface area contributed by atoms with Gasteiger partial charge in [0.05, 0.1) is 13.3 Å². The third-order valence-electron chi connectivity index (χ3n) is 7.74. The molecule has 3 rings (SSSR count). The molecule has 0 saturated heterocycles. The fourth-order valence-electron chi connectivity index (χ4n) is 5.75. The normalized spacial score (nSPS) is 27.5. The van der Waals surface area contributed by atoms with Gasteiger partial charge in [-0.05, 0) is 79.7 Å². The number of allylic oxidation sites excluding steroid dienone is 2. The lowest BCUT2D eigenvalue weighted by molar-refractivity contribution is 0.185. The summed E-state index contributed by atoms with van der Waals surface area (Å²) in [5.41, 5.74) is 2.81. The van der Waals surface area contributed by atoms with Gasteiger partial charge in [-0.1, -0.05) is 74.9 Å². The van der Waals surface area contributed by atoms with Gasteiger partial charge in [0.15, 0.2) is 0 Å². The van der Waals surface area contributed by atoms with E-state index in [9.17, 15) is 4.39 Å². The molecule has 0 radical (unpaired) electrons. The molecular formula is C28H43FO. The number of hydrogen-bond donors (Lipinski definition) is 0. The zero-order valence-electron chi connectivity index (χ0n) is 19.2. The average molecular weight is 415 g/mol. The molecule has 0 amide bonds. The van der Waals surface area contributed by atoms with Crippen LogP contribution >= 0.6 is 0 Å². The van der Waals surface area contributed by atoms with Crippen LogP contribution in [0.2, 0.25) is 0 Å². The van der Waals surface area contributed by atoms with E-state index in [-0.39, 0.29) is 6.67 Å². The van der Waals surface area contributed by atoms with E-state index in [2.05, 4.69) is 30.3 Å². The van der Waals surface area contributed by atoms with Crippen LogP contribution in [0.3, 0.4) is 0 Å². The Morgan fingerprint density at radius 2 is 1.30 bits per heavy atom. The Bertz CT molecular complexity index is 592. The van der Waals surface area contributed by atoms with Gasteiger partial charge in [0.2, 0.25) is 0 Å². The number of rotatable bonds is 11. The van der Waals surface area contributed by atoms with E-state index in [0.717, 1.165) is 30.1 Å². The molecule has 0 unspecified atom stereocenters. The average Bonchev–Trinajstić information content (AvgIpc) is 2.79. The highest BCUT2D eigenvalue weighted by molar-refractivity contribution is 5.25. The fraction of sp³-hybridized carbons (Fsp3) is 0.714. The zero-order valence-corrected chi connectivity index (χ0v) is 19.2. The van der Waals surface area contributed by atoms with E-state index in [0.29, 0.717) is 13.0 Å². The maximum atomic E-state index is 12.1. The van der Waals surface area contributed by atoms with Gasteiger partial charge in [-0.25, -0.2) is 0 Å². The molecule has 1 aromatic rings. The second-order valence-corrected chi connectivity index (χ2v) is 9.88. The largest absolute Gasteiger partial charge is 0.380 e. The molecule has 0 spiro atoms. The summed E-state index contributed by atoms with van der Waals surface area (Å²) in [6, 6.07) is 9.13. The van der Waals surface area contributed by atoms with Crippen LogP contribution in [0.15, 0.2) is 36.4 Å². The Morgan fingerprint density at radius 1 is 0.767 bits per heavy atom. The molecule has 0 heterocycles. The molecule has 1 nitrogen and oxygen atoms in total. The van der Waals surface area contributed by atoms with Crippen molar-refractivity contribution in [3.63, 3.8) is 0 Å². The smallest absolute Gasteiger partial charge is 0.0928 e. The molecule has 0 atom stereocenters. The molecule has 2 aliphatic carbocycles. The van der Waals surface area contributed by atoms with E-state index in [1.54, 1.807) is 7.11 Å². The van der Waals surface area contributed by atoms with Crippen LogP contribution in [0.25, 0.3) is 0 Å². The van der Waals surface area contributed by atoms with Crippen molar-refractivity contribution in [1.29, 1.82) is 0 Å². The van der Waals surface area contributed by atoms with Gasteiger partial charge in [0, 0.05) is 7.11 Å². The van der Waals surface area contributed by atoms with Gasteiger partial charge < -0.3 is 4.74 Å². The Balaban J connectivity index is 1.28. The topological polar surface area (TPSA) is 9.23 Å². The molecule has 0 aliphatic heterocycles. The third-order valence-corrected chi connectivity index (χ3v) is 7.74. The monoisotopic (exact) mass is 414 g/mol. The highest BCUT2D eigenvalue weighted by Gasteiger charge is 2.25. The van der Waals surface area contributed by atoms with Gasteiger partial charge in [-0.3, -0.25) is 4.39 Å². The minimum absolute atomic E-state index is 0.217. The molecule has 2 saturated carbocycles. The van der Waals surface area contributed by atoms with E-state index >= 15 is 0 Å². The SMILES string of the molecule is COCc1ccc([C@H]2CC[C@H](CC[C@H]3CC[C@H](CC/C=C/CCF)CC3)CC2)cc1. The van der Waals surface area contributed by atoms with E-state index in [4.69, 9.17) is 4.74 Å². The second kappa shape index (κ2) is 13.3. The Kier molecular flexibility index (Phi) is 10.4. The summed E-state index contributed by atoms with van der Waals surface area (Å²) in [4.78, 5) is 0. The summed E-state index contributed by atoms with van der Waals surface area (Å²) in [5.74, 6) is 3.64. The second-order valence-electron chi connectivity index (χ2n) is 9.88. The van der Waals surface area contributed by atoms with Crippen molar-refractivity contribution in [1.82, 2.24) is 0 Å². The number of ether oxygens (including phenoxy) is 1. The van der Waals surface area contributed by atoms with Crippen molar-refractivity contribution in [2.75, 3.05) is 13.8 Å². The van der Waals surface area contributed by atoms with Crippen molar-refractivity contribution >= 4 is 0 Å². The first-order chi connectivity index (χ1) is 14.8. The fourth-order valence-corrected chi connectivity index (χ4v) is 5.75. The molecule has 2 aliphatic rings. The summed E-state index contributed by atoms with van der Waals surface area (Å²) in [6.07, 6.45) is 21.5. The van der Waals surface area contributed by atoms with Crippen molar-refractivity contribution in [3.8, 4) is 0 Å². The Morgan fingerprint density at radius 3 is 1.87 bits per heavy atom. The Labute approximate surface area is 184 Å². The molecule has 1 aromatic carbocycles. The molecule has 2 fully saturated rings. The van der Waals surface area contributed by atoms with E-state index < -0.39 is 0 Å². The molecule has 2 heteroatoms. The maximum Gasteiger partial charge on any atom is 0.0928 e. The first-order valence-corrected chi connectivity index (χ1v) is 12.6. The van der Waals surface area contributed by atoms with Gasteiger partial charge in [0.25, 0.3) is 0 Å². The quantitative estimate of drug-likeness (QED) is 0.330. The zero-order chi connectivity index (χ0) is 21.0. The van der Waals surface area contributed by atoms with Crippen LogP contribution in [-0.2, 0) is 11.3 Å². The molecule has 0 aromatic heterocycles. The summed E-state index contributed by atoms with van der Waals surface area (Å²) >= 11 is 0. The minimum Gasteiger partial charge on any atom is -0.380 e. The number of halogens is 1. The predicted molar refractivity (Wildman–Crippen MR) is 126 cm³/mol. The van der Waals surface area contributed by atoms with Crippen molar-refractivity contribution in [3.05, 3.63) is 47.5 Å². The van der Waals surface area contributed by atoms with Crippen LogP contribution in [0.1, 0.15) is 101 Å². The molecule has 0 N–H and O–H groups in total. The lowest BCUT2D eigenvalue weighted by atomic mass is 9.74. The number of methoxy groups -OCH3 is 1. The number of benzene rings is 1. The first kappa shape index (κ1) is 23.5. The summed E-state index contributed by atoms with van der Waals surface area (Å²) in [6.45, 7) is 0.498. The van der Waals surface area contributed by atoms with Crippen LogP contribution in [0, 0.1) is 17.8 Å². The third kappa shape index (κ3) is 7.84. The number of hydrogen-bond acceptors (Lipinski definition) is 1. The molecule has 0 bridgehead atoms. The van der Waals surface area contributed by atoms with Crippen LogP contribution in [0.4, 0.5) is 4.39 Å². The highest BCUT2D eigenvalue weighted by atomic mass is 19.1. The molecular weight excluding hydrogens is 371 g/mol. The minimum atomic E-state index is -0.217. The lowest BCUT2D eigenvalue weighted by Gasteiger charge is -2.32.